The molecule has 1 aliphatic rings. The first-order valence-corrected chi connectivity index (χ1v) is 13.7. The topological polar surface area (TPSA) is 114 Å². The van der Waals surface area contributed by atoms with Crippen LogP contribution in [-0.2, 0) is 30.3 Å². The summed E-state index contributed by atoms with van der Waals surface area (Å²) in [5, 5.41) is 14.6. The van der Waals surface area contributed by atoms with Crippen molar-refractivity contribution in [3.8, 4) is 0 Å². The molecule has 8 heteroatoms. The standard InChI is InChI=1S/C31H40N2O6/c34-18-20-38-19-17-32-29(35)22-26-15-7-1-2-8-16-27(21-24-11-5-3-6-12-24)31(37)39-23-28(33-30(26)36)25-13-9-4-10-14-25/h1,3-7,9-14,26-28,34H,2,8,15-23H2,(H,32,35)(H,33,36). The molecule has 3 atom stereocenters. The molecule has 1 heterocycles. The Kier molecular flexibility index (Phi) is 13.2. The van der Waals surface area contributed by atoms with E-state index in [-0.39, 0.29) is 56.5 Å². The van der Waals surface area contributed by atoms with Crippen LogP contribution in [0.15, 0.2) is 72.8 Å². The Hall–Kier alpha value is -3.49. The molecule has 0 saturated carbocycles. The van der Waals surface area contributed by atoms with E-state index in [0.717, 1.165) is 24.0 Å². The van der Waals surface area contributed by atoms with E-state index in [2.05, 4.69) is 10.6 Å². The predicted octanol–water partition coefficient (Wildman–Crippen LogP) is 3.51. The molecular weight excluding hydrogens is 496 g/mol. The van der Waals surface area contributed by atoms with Crippen LogP contribution in [0.3, 0.4) is 0 Å². The van der Waals surface area contributed by atoms with Gasteiger partial charge < -0.3 is 25.2 Å². The van der Waals surface area contributed by atoms with Crippen molar-refractivity contribution in [1.82, 2.24) is 10.6 Å². The van der Waals surface area contributed by atoms with Gasteiger partial charge in [-0.15, -0.1) is 0 Å². The van der Waals surface area contributed by atoms with E-state index in [1.807, 2.05) is 72.8 Å². The van der Waals surface area contributed by atoms with E-state index in [4.69, 9.17) is 14.6 Å². The predicted molar refractivity (Wildman–Crippen MR) is 149 cm³/mol. The maximum atomic E-state index is 13.4. The quantitative estimate of drug-likeness (QED) is 0.243. The fraction of sp³-hybridized carbons (Fsp3) is 0.452. The number of hydrogen-bond donors (Lipinski definition) is 3. The van der Waals surface area contributed by atoms with Crippen molar-refractivity contribution in [2.75, 3.05) is 33.0 Å². The zero-order valence-electron chi connectivity index (χ0n) is 22.4. The number of rotatable bonds is 10. The van der Waals surface area contributed by atoms with Crippen LogP contribution >= 0.6 is 0 Å². The fourth-order valence-corrected chi connectivity index (χ4v) is 4.55. The van der Waals surface area contributed by atoms with Gasteiger partial charge in [-0.25, -0.2) is 0 Å². The Labute approximate surface area is 230 Å². The average molecular weight is 537 g/mol. The first-order chi connectivity index (χ1) is 19.1. The van der Waals surface area contributed by atoms with Crippen molar-refractivity contribution in [2.45, 2.75) is 44.6 Å². The second-order valence-corrected chi connectivity index (χ2v) is 9.71. The minimum Gasteiger partial charge on any atom is -0.463 e. The smallest absolute Gasteiger partial charge is 0.309 e. The molecule has 2 amide bonds. The van der Waals surface area contributed by atoms with Gasteiger partial charge in [-0.05, 0) is 43.2 Å². The number of cyclic esters (lactones) is 1. The molecule has 2 aromatic rings. The normalized spacial score (nSPS) is 20.9. The van der Waals surface area contributed by atoms with Crippen LogP contribution in [0.1, 0.15) is 49.3 Å². The molecule has 3 rings (SSSR count). The number of carbonyl (C=O) groups is 3. The number of nitrogens with one attached hydrogen (secondary N) is 2. The Morgan fingerprint density at radius 1 is 1.00 bits per heavy atom. The summed E-state index contributed by atoms with van der Waals surface area (Å²) in [6.45, 7) is 0.737. The maximum absolute atomic E-state index is 13.4. The maximum Gasteiger partial charge on any atom is 0.309 e. The van der Waals surface area contributed by atoms with Crippen molar-refractivity contribution in [2.24, 2.45) is 11.8 Å². The highest BCUT2D eigenvalue weighted by atomic mass is 16.5. The highest BCUT2D eigenvalue weighted by Gasteiger charge is 2.27. The van der Waals surface area contributed by atoms with Crippen LogP contribution in [0.2, 0.25) is 0 Å². The summed E-state index contributed by atoms with van der Waals surface area (Å²) in [5.74, 6) is -1.63. The van der Waals surface area contributed by atoms with Crippen molar-refractivity contribution in [1.29, 1.82) is 0 Å². The lowest BCUT2D eigenvalue weighted by Gasteiger charge is -2.24. The summed E-state index contributed by atoms with van der Waals surface area (Å²) in [6.07, 6.45) is 7.32. The number of amides is 2. The fourth-order valence-electron chi connectivity index (χ4n) is 4.55. The van der Waals surface area contributed by atoms with Gasteiger partial charge in [-0.3, -0.25) is 14.4 Å². The van der Waals surface area contributed by atoms with E-state index in [9.17, 15) is 14.4 Å². The number of benzene rings is 2. The molecule has 2 aromatic carbocycles. The van der Waals surface area contributed by atoms with Crippen LogP contribution in [0.4, 0.5) is 0 Å². The summed E-state index contributed by atoms with van der Waals surface area (Å²) in [6, 6.07) is 18.8. The van der Waals surface area contributed by atoms with Crippen LogP contribution < -0.4 is 10.6 Å². The molecule has 0 fully saturated rings. The summed E-state index contributed by atoms with van der Waals surface area (Å²) in [7, 11) is 0. The molecule has 0 bridgehead atoms. The zero-order valence-corrected chi connectivity index (χ0v) is 22.4. The number of carbonyl (C=O) groups excluding carboxylic acids is 3. The molecule has 3 unspecified atom stereocenters. The molecule has 0 radical (unpaired) electrons. The number of allylic oxidation sites excluding steroid dienone is 2. The summed E-state index contributed by atoms with van der Waals surface area (Å²) in [4.78, 5) is 39.1. The van der Waals surface area contributed by atoms with E-state index in [1.54, 1.807) is 0 Å². The largest absolute Gasteiger partial charge is 0.463 e. The highest BCUT2D eigenvalue weighted by molar-refractivity contribution is 5.86. The minimum atomic E-state index is -0.574. The van der Waals surface area contributed by atoms with Gasteiger partial charge in [0.2, 0.25) is 11.8 Å². The molecule has 0 aliphatic carbocycles. The summed E-state index contributed by atoms with van der Waals surface area (Å²) in [5.41, 5.74) is 1.91. The lowest BCUT2D eigenvalue weighted by atomic mass is 9.93. The van der Waals surface area contributed by atoms with Gasteiger partial charge in [0, 0.05) is 13.0 Å². The minimum absolute atomic E-state index is 0.0107. The van der Waals surface area contributed by atoms with Crippen molar-refractivity contribution < 1.29 is 29.0 Å². The first-order valence-electron chi connectivity index (χ1n) is 13.7. The van der Waals surface area contributed by atoms with Crippen molar-refractivity contribution in [3.63, 3.8) is 0 Å². The molecule has 210 valence electrons. The number of hydrogen-bond acceptors (Lipinski definition) is 6. The molecule has 0 saturated heterocycles. The van der Waals surface area contributed by atoms with Crippen molar-refractivity contribution >= 4 is 17.8 Å². The molecular formula is C31H40N2O6. The van der Waals surface area contributed by atoms with E-state index in [1.165, 1.54) is 0 Å². The van der Waals surface area contributed by atoms with E-state index < -0.39 is 12.0 Å². The number of aliphatic hydroxyl groups is 1. The van der Waals surface area contributed by atoms with E-state index in [0.29, 0.717) is 25.8 Å². The molecule has 3 N–H and O–H groups in total. The second-order valence-electron chi connectivity index (χ2n) is 9.71. The van der Waals surface area contributed by atoms with Gasteiger partial charge in [0.15, 0.2) is 0 Å². The average Bonchev–Trinajstić information content (AvgIpc) is 2.95. The third-order valence-corrected chi connectivity index (χ3v) is 6.69. The van der Waals surface area contributed by atoms with Gasteiger partial charge in [0.1, 0.15) is 6.61 Å². The number of aliphatic hydroxyl groups excluding tert-OH is 1. The van der Waals surface area contributed by atoms with Gasteiger partial charge in [0.05, 0.1) is 37.7 Å². The Morgan fingerprint density at radius 2 is 1.74 bits per heavy atom. The lowest BCUT2D eigenvalue weighted by Crippen LogP contribution is -2.39. The molecule has 1 aliphatic heterocycles. The highest BCUT2D eigenvalue weighted by Crippen LogP contribution is 2.22. The zero-order chi connectivity index (χ0) is 27.7. The lowest BCUT2D eigenvalue weighted by molar-refractivity contribution is -0.150. The van der Waals surface area contributed by atoms with Gasteiger partial charge in [-0.2, -0.15) is 0 Å². The Bertz CT molecular complexity index is 1040. The third-order valence-electron chi connectivity index (χ3n) is 6.69. The van der Waals surface area contributed by atoms with Crippen molar-refractivity contribution in [3.05, 3.63) is 83.9 Å². The molecule has 8 nitrogen and oxygen atoms in total. The summed E-state index contributed by atoms with van der Waals surface area (Å²) >= 11 is 0. The van der Waals surface area contributed by atoms with Gasteiger partial charge in [-0.1, -0.05) is 72.8 Å². The van der Waals surface area contributed by atoms with Gasteiger partial charge >= 0.3 is 5.97 Å². The monoisotopic (exact) mass is 536 g/mol. The van der Waals surface area contributed by atoms with E-state index >= 15 is 0 Å². The van der Waals surface area contributed by atoms with Crippen LogP contribution in [-0.4, -0.2) is 55.9 Å². The third kappa shape index (κ3) is 11.0. The first kappa shape index (κ1) is 30.1. The van der Waals surface area contributed by atoms with Gasteiger partial charge in [0.25, 0.3) is 0 Å². The molecule has 0 spiro atoms. The second kappa shape index (κ2) is 17.2. The van der Waals surface area contributed by atoms with Crippen LogP contribution in [0.25, 0.3) is 0 Å². The number of ether oxygens (including phenoxy) is 2. The van der Waals surface area contributed by atoms with Crippen LogP contribution in [0.5, 0.6) is 0 Å². The SMILES string of the molecule is O=C(CC1CC=CCCCC(Cc2ccccc2)C(=O)OCC(c2ccccc2)NC1=O)NCCOCCO. The van der Waals surface area contributed by atoms with Crippen LogP contribution in [0, 0.1) is 11.8 Å². The summed E-state index contributed by atoms with van der Waals surface area (Å²) < 4.78 is 11.0. The Balaban J connectivity index is 1.72. The molecule has 39 heavy (non-hydrogen) atoms. The Morgan fingerprint density at radius 3 is 2.49 bits per heavy atom. The molecule has 0 aromatic heterocycles. The number of esters is 1.